The summed E-state index contributed by atoms with van der Waals surface area (Å²) in [5, 5.41) is 19.3. The SMILES string of the molecule is CCCCCCCCC(C)(OC(C)(CCCCCCCC)C(=O)O)C(=O)O. The van der Waals surface area contributed by atoms with E-state index in [4.69, 9.17) is 4.74 Å². The Morgan fingerprint density at radius 2 is 0.926 bits per heavy atom. The lowest BCUT2D eigenvalue weighted by atomic mass is 9.92. The molecule has 0 aromatic heterocycles. The van der Waals surface area contributed by atoms with Crippen LogP contribution in [0, 0.1) is 0 Å². The predicted octanol–water partition coefficient (Wildman–Crippen LogP) is 6.19. The minimum absolute atomic E-state index is 0.341. The molecule has 0 aliphatic heterocycles. The van der Waals surface area contributed by atoms with Crippen molar-refractivity contribution in [2.45, 2.75) is 129 Å². The molecule has 5 heteroatoms. The van der Waals surface area contributed by atoms with Crippen molar-refractivity contribution < 1.29 is 24.5 Å². The molecule has 2 N–H and O–H groups in total. The summed E-state index contributed by atoms with van der Waals surface area (Å²) in [6.45, 7) is 7.35. The van der Waals surface area contributed by atoms with Crippen molar-refractivity contribution in [2.75, 3.05) is 0 Å². The number of carboxylic acids is 2. The number of ether oxygens (including phenoxy) is 1. The average Bonchev–Trinajstić information content (AvgIpc) is 2.60. The molecule has 0 saturated carbocycles. The second-order valence-electron chi connectivity index (χ2n) is 8.21. The Morgan fingerprint density at radius 3 is 1.22 bits per heavy atom. The highest BCUT2D eigenvalue weighted by molar-refractivity contribution is 5.80. The standard InChI is InChI=1S/C22H42O5/c1-5-7-9-11-13-15-17-21(3,19(23)24)27-22(4,20(25)26)18-16-14-12-10-8-6-2/h5-18H2,1-4H3,(H,23,24)(H,25,26). The van der Waals surface area contributed by atoms with Crippen LogP contribution in [-0.4, -0.2) is 33.4 Å². The third-order valence-corrected chi connectivity index (χ3v) is 5.37. The quantitative estimate of drug-likeness (QED) is 0.274. The monoisotopic (exact) mass is 386 g/mol. The summed E-state index contributed by atoms with van der Waals surface area (Å²) in [5.41, 5.74) is -2.92. The van der Waals surface area contributed by atoms with Crippen molar-refractivity contribution in [1.82, 2.24) is 0 Å². The average molecular weight is 387 g/mol. The summed E-state index contributed by atoms with van der Waals surface area (Å²) < 4.78 is 5.80. The molecule has 0 rings (SSSR count). The Bertz CT molecular complexity index is 385. The molecule has 5 nitrogen and oxygen atoms in total. The molecule has 0 radical (unpaired) electrons. The zero-order valence-corrected chi connectivity index (χ0v) is 18.0. The molecule has 2 unspecified atom stereocenters. The lowest BCUT2D eigenvalue weighted by Gasteiger charge is -2.35. The molecule has 0 amide bonds. The number of carbonyl (C=O) groups is 2. The molecular weight excluding hydrogens is 344 g/mol. The van der Waals surface area contributed by atoms with Crippen LogP contribution in [0.2, 0.25) is 0 Å². The summed E-state index contributed by atoms with van der Waals surface area (Å²) >= 11 is 0. The van der Waals surface area contributed by atoms with E-state index >= 15 is 0 Å². The van der Waals surface area contributed by atoms with Gasteiger partial charge in [-0.05, 0) is 39.5 Å². The van der Waals surface area contributed by atoms with E-state index in [-0.39, 0.29) is 0 Å². The minimum atomic E-state index is -1.46. The van der Waals surface area contributed by atoms with Crippen LogP contribution < -0.4 is 0 Å². The van der Waals surface area contributed by atoms with E-state index in [0.29, 0.717) is 12.8 Å². The van der Waals surface area contributed by atoms with Gasteiger partial charge >= 0.3 is 11.9 Å². The number of rotatable bonds is 18. The second-order valence-corrected chi connectivity index (χ2v) is 8.21. The molecule has 0 fully saturated rings. The molecule has 0 aromatic carbocycles. The highest BCUT2D eigenvalue weighted by Crippen LogP contribution is 2.31. The third-order valence-electron chi connectivity index (χ3n) is 5.37. The van der Waals surface area contributed by atoms with Crippen molar-refractivity contribution in [2.24, 2.45) is 0 Å². The van der Waals surface area contributed by atoms with Crippen molar-refractivity contribution in [3.05, 3.63) is 0 Å². The van der Waals surface area contributed by atoms with Gasteiger partial charge in [-0.25, -0.2) is 9.59 Å². The fourth-order valence-corrected chi connectivity index (χ4v) is 3.39. The molecule has 160 valence electrons. The van der Waals surface area contributed by atoms with Crippen LogP contribution in [0.4, 0.5) is 0 Å². The van der Waals surface area contributed by atoms with E-state index in [9.17, 15) is 19.8 Å². The first kappa shape index (κ1) is 25.9. The van der Waals surface area contributed by atoms with Crippen molar-refractivity contribution >= 4 is 11.9 Å². The lowest BCUT2D eigenvalue weighted by molar-refractivity contribution is -0.201. The summed E-state index contributed by atoms with van der Waals surface area (Å²) in [6, 6.07) is 0. The molecule has 0 heterocycles. The van der Waals surface area contributed by atoms with E-state index in [1.54, 1.807) is 0 Å². The maximum Gasteiger partial charge on any atom is 0.335 e. The van der Waals surface area contributed by atoms with Crippen LogP contribution in [0.25, 0.3) is 0 Å². The van der Waals surface area contributed by atoms with Gasteiger partial charge in [0, 0.05) is 0 Å². The molecular formula is C22H42O5. The Morgan fingerprint density at radius 1 is 0.630 bits per heavy atom. The van der Waals surface area contributed by atoms with Crippen molar-refractivity contribution in [3.8, 4) is 0 Å². The van der Waals surface area contributed by atoms with E-state index in [0.717, 1.165) is 51.4 Å². The first-order chi connectivity index (χ1) is 12.7. The molecule has 0 saturated heterocycles. The molecule has 27 heavy (non-hydrogen) atoms. The van der Waals surface area contributed by atoms with Gasteiger partial charge in [0.15, 0.2) is 11.2 Å². The second kappa shape index (κ2) is 14.0. The summed E-state index contributed by atoms with van der Waals surface area (Å²) in [4.78, 5) is 23.6. The summed E-state index contributed by atoms with van der Waals surface area (Å²) in [7, 11) is 0. The number of unbranched alkanes of at least 4 members (excludes halogenated alkanes) is 10. The normalized spacial score (nSPS) is 15.9. The van der Waals surface area contributed by atoms with Gasteiger partial charge < -0.3 is 14.9 Å². The van der Waals surface area contributed by atoms with Gasteiger partial charge in [-0.3, -0.25) is 0 Å². The largest absolute Gasteiger partial charge is 0.479 e. The maximum absolute atomic E-state index is 11.8. The number of aliphatic carboxylic acids is 2. The van der Waals surface area contributed by atoms with Crippen molar-refractivity contribution in [1.29, 1.82) is 0 Å². The maximum atomic E-state index is 11.8. The van der Waals surface area contributed by atoms with Gasteiger partial charge in [0.1, 0.15) is 0 Å². The lowest BCUT2D eigenvalue weighted by Crippen LogP contribution is -2.50. The van der Waals surface area contributed by atoms with Crippen LogP contribution in [0.15, 0.2) is 0 Å². The van der Waals surface area contributed by atoms with E-state index in [1.807, 2.05) is 0 Å². The third kappa shape index (κ3) is 10.7. The van der Waals surface area contributed by atoms with Gasteiger partial charge in [0.2, 0.25) is 0 Å². The fraction of sp³-hybridized carbons (Fsp3) is 0.909. The molecule has 0 aliphatic carbocycles. The molecule has 0 aromatic rings. The topological polar surface area (TPSA) is 83.8 Å². The van der Waals surface area contributed by atoms with Crippen LogP contribution in [0.1, 0.15) is 118 Å². The van der Waals surface area contributed by atoms with E-state index in [2.05, 4.69) is 13.8 Å². The first-order valence-corrected chi connectivity index (χ1v) is 10.9. The Labute approximate surface area is 165 Å². The zero-order chi connectivity index (χ0) is 20.8. The van der Waals surface area contributed by atoms with Gasteiger partial charge in [-0.15, -0.1) is 0 Å². The number of carboxylic acid groups (broad SMARTS) is 2. The summed E-state index contributed by atoms with van der Waals surface area (Å²) in [6.07, 6.45) is 13.3. The minimum Gasteiger partial charge on any atom is -0.479 e. The molecule has 0 spiro atoms. The Kier molecular flexibility index (Phi) is 13.4. The van der Waals surface area contributed by atoms with Crippen LogP contribution in [0.3, 0.4) is 0 Å². The molecule has 0 bridgehead atoms. The highest BCUT2D eigenvalue weighted by atomic mass is 16.6. The van der Waals surface area contributed by atoms with Gasteiger partial charge in [-0.2, -0.15) is 0 Å². The zero-order valence-electron chi connectivity index (χ0n) is 18.0. The van der Waals surface area contributed by atoms with Crippen LogP contribution in [-0.2, 0) is 14.3 Å². The van der Waals surface area contributed by atoms with Gasteiger partial charge in [0.05, 0.1) is 0 Å². The van der Waals surface area contributed by atoms with Gasteiger partial charge in [-0.1, -0.05) is 78.1 Å². The fourth-order valence-electron chi connectivity index (χ4n) is 3.39. The number of hydrogen-bond donors (Lipinski definition) is 2. The highest BCUT2D eigenvalue weighted by Gasteiger charge is 2.45. The smallest absolute Gasteiger partial charge is 0.335 e. The summed E-state index contributed by atoms with van der Waals surface area (Å²) in [5.74, 6) is -2.15. The predicted molar refractivity (Wildman–Crippen MR) is 109 cm³/mol. The van der Waals surface area contributed by atoms with Gasteiger partial charge in [0.25, 0.3) is 0 Å². The van der Waals surface area contributed by atoms with Crippen LogP contribution >= 0.6 is 0 Å². The van der Waals surface area contributed by atoms with E-state index < -0.39 is 23.1 Å². The molecule has 2 atom stereocenters. The van der Waals surface area contributed by atoms with Crippen molar-refractivity contribution in [3.63, 3.8) is 0 Å². The Hall–Kier alpha value is -1.10. The number of hydrogen-bond acceptors (Lipinski definition) is 3. The molecule has 0 aliphatic rings. The first-order valence-electron chi connectivity index (χ1n) is 10.9. The Balaban J connectivity index is 4.65. The van der Waals surface area contributed by atoms with Crippen LogP contribution in [0.5, 0.6) is 0 Å². The van der Waals surface area contributed by atoms with E-state index in [1.165, 1.54) is 39.5 Å².